The molecule has 3 rings (SSSR count). The van der Waals surface area contributed by atoms with Gasteiger partial charge in [0.2, 0.25) is 0 Å². The molecule has 0 saturated heterocycles. The van der Waals surface area contributed by atoms with Gasteiger partial charge in [-0.15, -0.1) is 0 Å². The Bertz CT molecular complexity index is 820. The van der Waals surface area contributed by atoms with Gasteiger partial charge in [0.25, 0.3) is 5.91 Å². The fourth-order valence-corrected chi connectivity index (χ4v) is 2.98. The smallest absolute Gasteiger partial charge is 0.276 e. The van der Waals surface area contributed by atoms with Crippen LogP contribution in [0.3, 0.4) is 0 Å². The summed E-state index contributed by atoms with van der Waals surface area (Å²) in [7, 11) is 1.73. The third-order valence-electron chi connectivity index (χ3n) is 3.25. The van der Waals surface area contributed by atoms with Crippen molar-refractivity contribution in [3.05, 3.63) is 62.6 Å². The molecular weight excluding hydrogens is 429 g/mol. The summed E-state index contributed by atoms with van der Waals surface area (Å²) in [5.74, 6) is 0.270. The minimum absolute atomic E-state index is 0.230. The monoisotopic (exact) mass is 441 g/mol. The van der Waals surface area contributed by atoms with Crippen molar-refractivity contribution in [2.45, 2.75) is 6.54 Å². The molecule has 1 aromatic carbocycles. The number of benzene rings is 1. The highest BCUT2D eigenvalue weighted by Gasteiger charge is 2.16. The van der Waals surface area contributed by atoms with Crippen LogP contribution in [-0.2, 0) is 13.6 Å². The van der Waals surface area contributed by atoms with Gasteiger partial charge in [0, 0.05) is 24.3 Å². The lowest BCUT2D eigenvalue weighted by atomic mass is 10.2. The van der Waals surface area contributed by atoms with Crippen LogP contribution in [-0.4, -0.2) is 25.5 Å². The maximum absolute atomic E-state index is 12.3. The van der Waals surface area contributed by atoms with Gasteiger partial charge < -0.3 is 5.32 Å². The molecule has 0 aliphatic carbocycles. The molecule has 0 bridgehead atoms. The minimum Gasteiger partial charge on any atom is -0.304 e. The van der Waals surface area contributed by atoms with Crippen LogP contribution in [0.25, 0.3) is 0 Å². The molecule has 0 aliphatic rings. The Morgan fingerprint density at radius 3 is 2.70 bits per heavy atom. The maximum atomic E-state index is 12.3. The molecule has 1 N–H and O–H groups in total. The van der Waals surface area contributed by atoms with E-state index >= 15 is 0 Å². The van der Waals surface area contributed by atoms with Gasteiger partial charge in [-0.1, -0.05) is 23.7 Å². The molecule has 0 spiro atoms. The summed E-state index contributed by atoms with van der Waals surface area (Å²) < 4.78 is 4.10. The predicted molar refractivity (Wildman–Crippen MR) is 96.7 cm³/mol. The molecule has 3 aromatic rings. The van der Waals surface area contributed by atoms with Crippen LogP contribution in [0.2, 0.25) is 5.02 Å². The van der Waals surface area contributed by atoms with Gasteiger partial charge in [-0.3, -0.25) is 14.2 Å². The molecule has 0 atom stereocenters. The number of aromatic nitrogens is 4. The van der Waals surface area contributed by atoms with Gasteiger partial charge in [-0.25, -0.2) is 0 Å². The van der Waals surface area contributed by atoms with E-state index < -0.39 is 0 Å². The second-order valence-corrected chi connectivity index (χ2v) is 6.54. The molecule has 0 fully saturated rings. The van der Waals surface area contributed by atoms with Crippen molar-refractivity contribution in [1.29, 1.82) is 0 Å². The number of rotatable bonds is 4. The molecule has 8 heteroatoms. The number of nitrogens with zero attached hydrogens (tertiary/aromatic N) is 4. The van der Waals surface area contributed by atoms with E-state index in [-0.39, 0.29) is 5.91 Å². The van der Waals surface area contributed by atoms with Crippen molar-refractivity contribution in [3.8, 4) is 0 Å². The Balaban J connectivity index is 1.70. The molecule has 6 nitrogen and oxygen atoms in total. The molecule has 0 aliphatic heterocycles. The van der Waals surface area contributed by atoms with Gasteiger partial charge in [-0.05, 0) is 40.3 Å². The van der Waals surface area contributed by atoms with Gasteiger partial charge in [0.05, 0.1) is 16.3 Å². The van der Waals surface area contributed by atoms with Crippen LogP contribution in [0.1, 0.15) is 16.1 Å². The number of amides is 1. The van der Waals surface area contributed by atoms with E-state index in [1.165, 1.54) is 0 Å². The number of hydrogen-bond donors (Lipinski definition) is 1. The quantitative estimate of drug-likeness (QED) is 0.633. The zero-order chi connectivity index (χ0) is 16.4. The van der Waals surface area contributed by atoms with Gasteiger partial charge in [-0.2, -0.15) is 10.2 Å². The first-order valence-corrected chi connectivity index (χ1v) is 8.25. The van der Waals surface area contributed by atoms with E-state index in [0.717, 1.165) is 9.13 Å². The van der Waals surface area contributed by atoms with Gasteiger partial charge in [0.1, 0.15) is 5.69 Å². The van der Waals surface area contributed by atoms with Gasteiger partial charge in [0.15, 0.2) is 5.82 Å². The topological polar surface area (TPSA) is 64.7 Å². The molecule has 2 heterocycles. The average molecular weight is 442 g/mol. The Labute approximate surface area is 151 Å². The lowest BCUT2D eigenvalue weighted by Gasteiger charge is -2.04. The second-order valence-electron chi connectivity index (χ2n) is 4.94. The van der Waals surface area contributed by atoms with Crippen molar-refractivity contribution >= 4 is 45.9 Å². The Hall–Kier alpha value is -1.87. The van der Waals surface area contributed by atoms with Crippen molar-refractivity contribution in [2.24, 2.45) is 7.05 Å². The number of anilines is 1. The van der Waals surface area contributed by atoms with Crippen LogP contribution < -0.4 is 5.32 Å². The number of carbonyl (C=O) groups is 1. The number of nitrogens with one attached hydrogen (secondary N) is 1. The highest BCUT2D eigenvalue weighted by atomic mass is 127. The Morgan fingerprint density at radius 2 is 2.04 bits per heavy atom. The number of aryl methyl sites for hydroxylation is 1. The van der Waals surface area contributed by atoms with E-state index in [1.807, 2.05) is 30.5 Å². The summed E-state index contributed by atoms with van der Waals surface area (Å²) in [5.41, 5.74) is 1.59. The maximum Gasteiger partial charge on any atom is 0.276 e. The summed E-state index contributed by atoms with van der Waals surface area (Å²) in [6.07, 6.45) is 3.47. The Kier molecular flexibility index (Phi) is 4.67. The Morgan fingerprint density at radius 1 is 1.30 bits per heavy atom. The van der Waals surface area contributed by atoms with E-state index in [9.17, 15) is 4.79 Å². The van der Waals surface area contributed by atoms with Crippen LogP contribution in [0.5, 0.6) is 0 Å². The lowest BCUT2D eigenvalue weighted by molar-refractivity contribution is 0.101. The first kappa shape index (κ1) is 16.0. The highest BCUT2D eigenvalue weighted by Crippen LogP contribution is 2.14. The van der Waals surface area contributed by atoms with Crippen LogP contribution in [0, 0.1) is 3.57 Å². The fraction of sp³-hybridized carbons (Fsp3) is 0.133. The molecule has 0 radical (unpaired) electrons. The first-order chi connectivity index (χ1) is 11.0. The van der Waals surface area contributed by atoms with Crippen LogP contribution in [0.15, 0.2) is 42.7 Å². The molecule has 1 amide bonds. The predicted octanol–water partition coefficient (Wildman–Crippen LogP) is 3.18. The average Bonchev–Trinajstić information content (AvgIpc) is 3.08. The third-order valence-corrected chi connectivity index (χ3v) is 4.29. The van der Waals surface area contributed by atoms with Gasteiger partial charge >= 0.3 is 0 Å². The first-order valence-electron chi connectivity index (χ1n) is 6.79. The number of carbonyl (C=O) groups excluding carboxylic acids is 1. The molecule has 2 aromatic heterocycles. The van der Waals surface area contributed by atoms with Crippen molar-refractivity contribution in [3.63, 3.8) is 0 Å². The molecule has 23 heavy (non-hydrogen) atoms. The highest BCUT2D eigenvalue weighted by molar-refractivity contribution is 14.1. The molecule has 0 unspecified atom stereocenters. The van der Waals surface area contributed by atoms with E-state index in [4.69, 9.17) is 11.6 Å². The zero-order valence-corrected chi connectivity index (χ0v) is 15.1. The van der Waals surface area contributed by atoms with E-state index in [0.29, 0.717) is 23.1 Å². The lowest BCUT2D eigenvalue weighted by Crippen LogP contribution is -2.17. The molecular formula is C15H13ClIN5O. The van der Waals surface area contributed by atoms with Crippen molar-refractivity contribution < 1.29 is 4.79 Å². The summed E-state index contributed by atoms with van der Waals surface area (Å²) in [5, 5.41) is 11.9. The minimum atomic E-state index is -0.230. The summed E-state index contributed by atoms with van der Waals surface area (Å²) in [4.78, 5) is 12.3. The normalized spacial score (nSPS) is 10.7. The summed E-state index contributed by atoms with van der Waals surface area (Å²) >= 11 is 7.95. The molecule has 118 valence electrons. The third kappa shape index (κ3) is 3.73. The van der Waals surface area contributed by atoms with E-state index in [2.05, 4.69) is 38.1 Å². The largest absolute Gasteiger partial charge is 0.304 e. The number of halogens is 2. The summed E-state index contributed by atoms with van der Waals surface area (Å²) in [6.45, 7) is 0.607. The van der Waals surface area contributed by atoms with Crippen LogP contribution >= 0.6 is 34.2 Å². The van der Waals surface area contributed by atoms with Crippen molar-refractivity contribution in [1.82, 2.24) is 19.6 Å². The molecule has 0 saturated carbocycles. The van der Waals surface area contributed by atoms with Crippen LogP contribution in [0.4, 0.5) is 5.82 Å². The summed E-state index contributed by atoms with van der Waals surface area (Å²) in [6, 6.07) is 9.33. The van der Waals surface area contributed by atoms with E-state index in [1.54, 1.807) is 28.7 Å². The standard InChI is InChI=1S/C15H13ClIN5O/c1-21-14(12(17)8-18-21)15(23)19-13-6-7-22(20-13)9-10-2-4-11(16)5-3-10/h2-8H,9H2,1H3,(H,19,20,23). The number of hydrogen-bond acceptors (Lipinski definition) is 3. The zero-order valence-electron chi connectivity index (χ0n) is 12.2. The van der Waals surface area contributed by atoms with Crippen molar-refractivity contribution in [2.75, 3.05) is 5.32 Å². The fourth-order valence-electron chi connectivity index (χ4n) is 2.13. The second kappa shape index (κ2) is 6.71. The SMILES string of the molecule is Cn1ncc(I)c1C(=O)Nc1ccn(Cc2ccc(Cl)cc2)n1.